The average molecular weight is 394 g/mol. The predicted molar refractivity (Wildman–Crippen MR) is 105 cm³/mol. The van der Waals surface area contributed by atoms with Crippen LogP contribution >= 0.6 is 0 Å². The van der Waals surface area contributed by atoms with E-state index in [0.717, 1.165) is 5.56 Å². The summed E-state index contributed by atoms with van der Waals surface area (Å²) in [6, 6.07) is 8.56. The molecule has 2 N–H and O–H groups in total. The molecule has 27 heavy (non-hydrogen) atoms. The van der Waals surface area contributed by atoms with Gasteiger partial charge in [0.1, 0.15) is 5.76 Å². The molecule has 0 radical (unpaired) electrons. The SMILES string of the molecule is Cc1cc(NC(=O)[C@H](C)NS(=O)(=O)CCc2ccc(C(C)(C)C)cc2)no1. The third-order valence-electron chi connectivity index (χ3n) is 4.11. The van der Waals surface area contributed by atoms with Crippen LogP contribution in [-0.2, 0) is 26.7 Å². The highest BCUT2D eigenvalue weighted by molar-refractivity contribution is 7.89. The fourth-order valence-electron chi connectivity index (χ4n) is 2.47. The van der Waals surface area contributed by atoms with E-state index in [-0.39, 0.29) is 17.0 Å². The largest absolute Gasteiger partial charge is 0.360 e. The minimum Gasteiger partial charge on any atom is -0.360 e. The van der Waals surface area contributed by atoms with Crippen LogP contribution < -0.4 is 10.0 Å². The second-order valence-corrected chi connectivity index (χ2v) is 9.54. The lowest BCUT2D eigenvalue weighted by Crippen LogP contribution is -2.42. The van der Waals surface area contributed by atoms with Crippen molar-refractivity contribution in [2.45, 2.75) is 52.5 Å². The fraction of sp³-hybridized carbons (Fsp3) is 0.474. The van der Waals surface area contributed by atoms with Crippen LogP contribution in [0.4, 0.5) is 5.82 Å². The van der Waals surface area contributed by atoms with E-state index in [1.165, 1.54) is 12.5 Å². The summed E-state index contributed by atoms with van der Waals surface area (Å²) in [6.45, 7) is 9.57. The highest BCUT2D eigenvalue weighted by Crippen LogP contribution is 2.22. The zero-order valence-corrected chi connectivity index (χ0v) is 17.2. The summed E-state index contributed by atoms with van der Waals surface area (Å²) in [4.78, 5) is 12.1. The summed E-state index contributed by atoms with van der Waals surface area (Å²) in [7, 11) is -3.60. The number of amides is 1. The second kappa shape index (κ2) is 8.22. The standard InChI is InChI=1S/C19H27N3O4S/c1-13-12-17(21-26-13)20-18(23)14(2)22-27(24,25)11-10-15-6-8-16(9-7-15)19(3,4)5/h6-9,12,14,22H,10-11H2,1-5H3,(H,20,21,23)/t14-/m0/s1. The maximum Gasteiger partial charge on any atom is 0.243 e. The third kappa shape index (κ3) is 6.48. The number of carbonyl (C=O) groups excluding carboxylic acids is 1. The van der Waals surface area contributed by atoms with Crippen molar-refractivity contribution in [3.63, 3.8) is 0 Å². The van der Waals surface area contributed by atoms with E-state index in [4.69, 9.17) is 4.52 Å². The van der Waals surface area contributed by atoms with E-state index in [1.54, 1.807) is 13.0 Å². The smallest absolute Gasteiger partial charge is 0.243 e. The quantitative estimate of drug-likeness (QED) is 0.753. The number of hydrogen-bond acceptors (Lipinski definition) is 5. The van der Waals surface area contributed by atoms with E-state index in [9.17, 15) is 13.2 Å². The lowest BCUT2D eigenvalue weighted by Gasteiger charge is -2.19. The molecule has 0 unspecified atom stereocenters. The van der Waals surface area contributed by atoms with Crippen molar-refractivity contribution >= 4 is 21.7 Å². The van der Waals surface area contributed by atoms with Crippen molar-refractivity contribution in [1.82, 2.24) is 9.88 Å². The van der Waals surface area contributed by atoms with E-state index in [1.807, 2.05) is 24.3 Å². The van der Waals surface area contributed by atoms with Gasteiger partial charge in [-0.25, -0.2) is 13.1 Å². The van der Waals surface area contributed by atoms with E-state index < -0.39 is 22.0 Å². The normalized spacial score (nSPS) is 13.4. The molecule has 0 aliphatic heterocycles. The van der Waals surface area contributed by atoms with Gasteiger partial charge in [0.2, 0.25) is 15.9 Å². The highest BCUT2D eigenvalue weighted by Gasteiger charge is 2.21. The van der Waals surface area contributed by atoms with E-state index in [2.05, 4.69) is 36.0 Å². The van der Waals surface area contributed by atoms with Crippen LogP contribution in [0.2, 0.25) is 0 Å². The number of nitrogens with one attached hydrogen (secondary N) is 2. The zero-order chi connectivity index (χ0) is 20.2. The Morgan fingerprint density at radius 2 is 1.85 bits per heavy atom. The predicted octanol–water partition coefficient (Wildman–Crippen LogP) is 2.77. The summed E-state index contributed by atoms with van der Waals surface area (Å²) in [5.41, 5.74) is 2.18. The van der Waals surface area contributed by atoms with Gasteiger partial charge in [-0.1, -0.05) is 50.2 Å². The number of nitrogens with zero attached hydrogens (tertiary/aromatic N) is 1. The number of rotatable bonds is 7. The van der Waals surface area contributed by atoms with Gasteiger partial charge in [0.15, 0.2) is 5.82 Å². The molecule has 2 aromatic rings. The molecule has 0 fully saturated rings. The van der Waals surface area contributed by atoms with Crippen LogP contribution in [0.15, 0.2) is 34.9 Å². The first kappa shape index (κ1) is 21.1. The first-order valence-electron chi connectivity index (χ1n) is 8.80. The number of sulfonamides is 1. The first-order chi connectivity index (χ1) is 12.5. The summed E-state index contributed by atoms with van der Waals surface area (Å²) in [5, 5.41) is 6.16. The topological polar surface area (TPSA) is 101 Å². The molecule has 0 bridgehead atoms. The maximum atomic E-state index is 12.3. The Bertz CT molecular complexity index is 880. The molecule has 148 valence electrons. The Balaban J connectivity index is 1.89. The third-order valence-corrected chi connectivity index (χ3v) is 5.56. The minimum absolute atomic E-state index is 0.0529. The van der Waals surface area contributed by atoms with Gasteiger partial charge < -0.3 is 9.84 Å². The first-order valence-corrected chi connectivity index (χ1v) is 10.4. The fourth-order valence-corrected chi connectivity index (χ4v) is 3.73. The maximum absolute atomic E-state index is 12.3. The van der Waals surface area contributed by atoms with Gasteiger partial charge in [0.25, 0.3) is 0 Å². The molecule has 1 amide bonds. The van der Waals surface area contributed by atoms with Gasteiger partial charge in [-0.15, -0.1) is 0 Å². The molecule has 0 aliphatic carbocycles. The molecule has 1 atom stereocenters. The molecular formula is C19H27N3O4S. The van der Waals surface area contributed by atoms with Crippen molar-refractivity contribution in [2.75, 3.05) is 11.1 Å². The summed E-state index contributed by atoms with van der Waals surface area (Å²) >= 11 is 0. The zero-order valence-electron chi connectivity index (χ0n) is 16.4. The lowest BCUT2D eigenvalue weighted by atomic mass is 9.86. The van der Waals surface area contributed by atoms with Crippen LogP contribution in [0.3, 0.4) is 0 Å². The molecule has 1 aromatic heterocycles. The van der Waals surface area contributed by atoms with Gasteiger partial charge in [-0.05, 0) is 36.8 Å². The summed E-state index contributed by atoms with van der Waals surface area (Å²) in [6.07, 6.45) is 0.372. The Morgan fingerprint density at radius 1 is 1.22 bits per heavy atom. The molecule has 0 spiro atoms. The van der Waals surface area contributed by atoms with Crippen molar-refractivity contribution in [3.8, 4) is 0 Å². The molecule has 2 rings (SSSR count). The molecule has 1 aromatic carbocycles. The molecule has 8 heteroatoms. The molecule has 1 heterocycles. The van der Waals surface area contributed by atoms with Gasteiger partial charge in [-0.3, -0.25) is 4.79 Å². The van der Waals surface area contributed by atoms with Crippen molar-refractivity contribution in [3.05, 3.63) is 47.2 Å². The number of benzene rings is 1. The van der Waals surface area contributed by atoms with Gasteiger partial charge in [0.05, 0.1) is 11.8 Å². The summed E-state index contributed by atoms with van der Waals surface area (Å²) < 4.78 is 31.8. The number of carbonyl (C=O) groups is 1. The number of anilines is 1. The monoisotopic (exact) mass is 393 g/mol. The number of aryl methyl sites for hydroxylation is 2. The Hall–Kier alpha value is -2.19. The average Bonchev–Trinajstić information content (AvgIpc) is 2.97. The minimum atomic E-state index is -3.60. The van der Waals surface area contributed by atoms with Crippen LogP contribution in [0, 0.1) is 6.92 Å². The Morgan fingerprint density at radius 3 is 2.37 bits per heavy atom. The van der Waals surface area contributed by atoms with Gasteiger partial charge >= 0.3 is 0 Å². The van der Waals surface area contributed by atoms with Gasteiger partial charge in [-0.2, -0.15) is 0 Å². The molecule has 0 aliphatic rings. The Kier molecular flexibility index (Phi) is 6.43. The highest BCUT2D eigenvalue weighted by atomic mass is 32.2. The van der Waals surface area contributed by atoms with E-state index >= 15 is 0 Å². The molecular weight excluding hydrogens is 366 g/mol. The van der Waals surface area contributed by atoms with Crippen LogP contribution in [0.1, 0.15) is 44.6 Å². The van der Waals surface area contributed by atoms with Crippen LogP contribution in [0.25, 0.3) is 0 Å². The van der Waals surface area contributed by atoms with Crippen LogP contribution in [0.5, 0.6) is 0 Å². The van der Waals surface area contributed by atoms with Gasteiger partial charge in [0, 0.05) is 6.07 Å². The van der Waals surface area contributed by atoms with Crippen LogP contribution in [-0.4, -0.2) is 31.3 Å². The van der Waals surface area contributed by atoms with Crippen molar-refractivity contribution < 1.29 is 17.7 Å². The molecule has 7 nitrogen and oxygen atoms in total. The van der Waals surface area contributed by atoms with E-state index in [0.29, 0.717) is 12.2 Å². The van der Waals surface area contributed by atoms with Crippen molar-refractivity contribution in [2.24, 2.45) is 0 Å². The molecule has 0 saturated carbocycles. The lowest BCUT2D eigenvalue weighted by molar-refractivity contribution is -0.117. The number of hydrogen-bond donors (Lipinski definition) is 2. The Labute approximate surface area is 160 Å². The number of aromatic nitrogens is 1. The second-order valence-electron chi connectivity index (χ2n) is 7.67. The molecule has 0 saturated heterocycles. The summed E-state index contributed by atoms with van der Waals surface area (Å²) in [5.74, 6) is 0.211. The van der Waals surface area contributed by atoms with Crippen molar-refractivity contribution in [1.29, 1.82) is 0 Å².